The normalized spacial score (nSPS) is 12.2. The second-order valence-electron chi connectivity index (χ2n) is 4.93. The SMILES string of the molecule is CCCOc1ccc(C(Br)c2ccc(C)cc2Cl)cc1Br. The average Bonchev–Trinajstić information content (AvgIpc) is 2.45. The Bertz CT molecular complexity index is 628. The standard InChI is InChI=1S/C17H17Br2ClO/c1-3-8-21-16-7-5-12(10-14(16)18)17(19)13-6-4-11(2)9-15(13)20/h4-7,9-10,17H,3,8H2,1-2H3. The first-order valence-corrected chi connectivity index (χ1v) is 8.94. The Morgan fingerprint density at radius 3 is 2.57 bits per heavy atom. The minimum Gasteiger partial charge on any atom is -0.492 e. The number of aryl methyl sites for hydroxylation is 1. The summed E-state index contributed by atoms with van der Waals surface area (Å²) in [6.07, 6.45) is 0.994. The average molecular weight is 433 g/mol. The zero-order valence-electron chi connectivity index (χ0n) is 12.0. The highest BCUT2D eigenvalue weighted by atomic mass is 79.9. The summed E-state index contributed by atoms with van der Waals surface area (Å²) in [4.78, 5) is 0.0575. The quantitative estimate of drug-likeness (QED) is 0.479. The van der Waals surface area contributed by atoms with Crippen LogP contribution in [0.4, 0.5) is 0 Å². The predicted octanol–water partition coefficient (Wildman–Crippen LogP) is 6.68. The van der Waals surface area contributed by atoms with Crippen molar-refractivity contribution < 1.29 is 4.74 Å². The molecule has 0 radical (unpaired) electrons. The molecule has 2 aromatic rings. The summed E-state index contributed by atoms with van der Waals surface area (Å²) in [5, 5.41) is 0.777. The molecule has 1 unspecified atom stereocenters. The molecule has 0 saturated carbocycles. The van der Waals surface area contributed by atoms with Gasteiger partial charge >= 0.3 is 0 Å². The summed E-state index contributed by atoms with van der Waals surface area (Å²) < 4.78 is 6.64. The summed E-state index contributed by atoms with van der Waals surface area (Å²) >= 11 is 13.7. The molecule has 1 atom stereocenters. The highest BCUT2D eigenvalue weighted by Gasteiger charge is 2.15. The lowest BCUT2D eigenvalue weighted by Gasteiger charge is -2.15. The Morgan fingerprint density at radius 1 is 1.19 bits per heavy atom. The van der Waals surface area contributed by atoms with Crippen molar-refractivity contribution in [1.82, 2.24) is 0 Å². The van der Waals surface area contributed by atoms with E-state index in [-0.39, 0.29) is 4.83 Å². The summed E-state index contributed by atoms with van der Waals surface area (Å²) in [5.41, 5.74) is 3.36. The lowest BCUT2D eigenvalue weighted by atomic mass is 10.0. The summed E-state index contributed by atoms with van der Waals surface area (Å²) in [6.45, 7) is 4.85. The van der Waals surface area contributed by atoms with Gasteiger partial charge in [0, 0.05) is 5.02 Å². The maximum absolute atomic E-state index is 6.35. The van der Waals surface area contributed by atoms with Gasteiger partial charge in [-0.3, -0.25) is 0 Å². The van der Waals surface area contributed by atoms with Gasteiger partial charge in [0.2, 0.25) is 0 Å². The van der Waals surface area contributed by atoms with Crippen LogP contribution in [0.25, 0.3) is 0 Å². The molecular weight excluding hydrogens is 415 g/mol. The van der Waals surface area contributed by atoms with Gasteiger partial charge in [-0.2, -0.15) is 0 Å². The van der Waals surface area contributed by atoms with Gasteiger partial charge in [0.05, 0.1) is 15.9 Å². The van der Waals surface area contributed by atoms with E-state index in [1.807, 2.05) is 19.1 Å². The second kappa shape index (κ2) is 7.66. The zero-order chi connectivity index (χ0) is 15.4. The number of hydrogen-bond acceptors (Lipinski definition) is 1. The first-order valence-electron chi connectivity index (χ1n) is 6.85. The van der Waals surface area contributed by atoms with Gasteiger partial charge in [0.15, 0.2) is 0 Å². The molecule has 2 rings (SSSR count). The third-order valence-corrected chi connectivity index (χ3v) is 5.11. The van der Waals surface area contributed by atoms with Crippen LogP contribution in [0, 0.1) is 6.92 Å². The van der Waals surface area contributed by atoms with Gasteiger partial charge in [0.1, 0.15) is 5.75 Å². The molecule has 112 valence electrons. The number of benzene rings is 2. The van der Waals surface area contributed by atoms with Gasteiger partial charge in [-0.15, -0.1) is 0 Å². The minimum absolute atomic E-state index is 0.0575. The maximum atomic E-state index is 6.35. The fourth-order valence-electron chi connectivity index (χ4n) is 2.02. The van der Waals surface area contributed by atoms with Crippen LogP contribution in [0.15, 0.2) is 40.9 Å². The van der Waals surface area contributed by atoms with E-state index in [0.717, 1.165) is 45.0 Å². The van der Waals surface area contributed by atoms with E-state index in [1.54, 1.807) is 0 Å². The van der Waals surface area contributed by atoms with Crippen LogP contribution in [-0.2, 0) is 0 Å². The summed E-state index contributed by atoms with van der Waals surface area (Å²) in [6, 6.07) is 12.2. The minimum atomic E-state index is 0.0575. The molecule has 1 nitrogen and oxygen atoms in total. The van der Waals surface area contributed by atoms with Crippen LogP contribution in [0.5, 0.6) is 5.75 Å². The van der Waals surface area contributed by atoms with E-state index >= 15 is 0 Å². The Labute approximate surface area is 147 Å². The topological polar surface area (TPSA) is 9.23 Å². The highest BCUT2D eigenvalue weighted by molar-refractivity contribution is 9.10. The number of hydrogen-bond donors (Lipinski definition) is 0. The number of alkyl halides is 1. The molecule has 21 heavy (non-hydrogen) atoms. The number of rotatable bonds is 5. The van der Waals surface area contributed by atoms with E-state index in [0.29, 0.717) is 0 Å². The molecule has 4 heteroatoms. The van der Waals surface area contributed by atoms with Crippen LogP contribution < -0.4 is 4.74 Å². The molecule has 0 aliphatic carbocycles. The summed E-state index contributed by atoms with van der Waals surface area (Å²) in [5.74, 6) is 0.871. The van der Waals surface area contributed by atoms with E-state index in [4.69, 9.17) is 16.3 Å². The lowest BCUT2D eigenvalue weighted by molar-refractivity contribution is 0.315. The van der Waals surface area contributed by atoms with Gasteiger partial charge in [-0.1, -0.05) is 52.7 Å². The second-order valence-corrected chi connectivity index (χ2v) is 7.10. The molecule has 2 aromatic carbocycles. The van der Waals surface area contributed by atoms with Crippen molar-refractivity contribution in [3.8, 4) is 5.75 Å². The van der Waals surface area contributed by atoms with E-state index < -0.39 is 0 Å². The van der Waals surface area contributed by atoms with Gasteiger partial charge in [-0.25, -0.2) is 0 Å². The van der Waals surface area contributed by atoms with Crippen molar-refractivity contribution in [1.29, 1.82) is 0 Å². The lowest BCUT2D eigenvalue weighted by Crippen LogP contribution is -1.98. The maximum Gasteiger partial charge on any atom is 0.133 e. The Kier molecular flexibility index (Phi) is 6.15. The van der Waals surface area contributed by atoms with Crippen molar-refractivity contribution in [3.05, 3.63) is 62.6 Å². The molecule has 0 aliphatic rings. The van der Waals surface area contributed by atoms with Crippen molar-refractivity contribution in [2.45, 2.75) is 25.1 Å². The zero-order valence-corrected chi connectivity index (χ0v) is 15.9. The van der Waals surface area contributed by atoms with Crippen LogP contribution in [0.3, 0.4) is 0 Å². The van der Waals surface area contributed by atoms with Crippen LogP contribution in [0.1, 0.15) is 34.9 Å². The monoisotopic (exact) mass is 430 g/mol. The largest absolute Gasteiger partial charge is 0.492 e. The first kappa shape index (κ1) is 16.9. The third kappa shape index (κ3) is 4.24. The van der Waals surface area contributed by atoms with Crippen LogP contribution >= 0.6 is 43.5 Å². The Morgan fingerprint density at radius 2 is 1.95 bits per heavy atom. The fraction of sp³-hybridized carbons (Fsp3) is 0.294. The Hall–Kier alpha value is -0.510. The molecule has 0 amide bonds. The first-order chi connectivity index (χ1) is 10.0. The van der Waals surface area contributed by atoms with E-state index in [2.05, 4.69) is 63.0 Å². The fourth-order valence-corrected chi connectivity index (χ4v) is 3.69. The number of ether oxygens (including phenoxy) is 1. The molecule has 0 saturated heterocycles. The van der Waals surface area contributed by atoms with Crippen molar-refractivity contribution in [2.24, 2.45) is 0 Å². The molecule has 0 N–H and O–H groups in total. The Balaban J connectivity index is 2.27. The van der Waals surface area contributed by atoms with Crippen LogP contribution in [-0.4, -0.2) is 6.61 Å². The van der Waals surface area contributed by atoms with E-state index in [1.165, 1.54) is 0 Å². The highest BCUT2D eigenvalue weighted by Crippen LogP contribution is 2.38. The number of halogens is 3. The van der Waals surface area contributed by atoms with E-state index in [9.17, 15) is 0 Å². The van der Waals surface area contributed by atoms with Crippen molar-refractivity contribution in [3.63, 3.8) is 0 Å². The van der Waals surface area contributed by atoms with Gasteiger partial charge in [0.25, 0.3) is 0 Å². The molecule has 0 aromatic heterocycles. The van der Waals surface area contributed by atoms with Gasteiger partial charge < -0.3 is 4.74 Å². The smallest absolute Gasteiger partial charge is 0.133 e. The molecule has 0 fully saturated rings. The molecule has 0 spiro atoms. The van der Waals surface area contributed by atoms with Crippen LogP contribution in [0.2, 0.25) is 5.02 Å². The molecular formula is C17H17Br2ClO. The van der Waals surface area contributed by atoms with Gasteiger partial charge in [-0.05, 0) is 64.2 Å². The van der Waals surface area contributed by atoms with Crippen molar-refractivity contribution >= 4 is 43.5 Å². The third-order valence-electron chi connectivity index (χ3n) is 3.14. The summed E-state index contributed by atoms with van der Waals surface area (Å²) in [7, 11) is 0. The van der Waals surface area contributed by atoms with Crippen molar-refractivity contribution in [2.75, 3.05) is 6.61 Å². The molecule has 0 heterocycles. The molecule has 0 bridgehead atoms. The predicted molar refractivity (Wildman–Crippen MR) is 96.9 cm³/mol. The molecule has 0 aliphatic heterocycles.